The van der Waals surface area contributed by atoms with E-state index in [1.165, 1.54) is 7.11 Å². The van der Waals surface area contributed by atoms with Crippen molar-refractivity contribution < 1.29 is 9.47 Å². The number of rotatable bonds is 4. The molecule has 0 radical (unpaired) electrons. The van der Waals surface area contributed by atoms with Gasteiger partial charge in [0.1, 0.15) is 5.75 Å². The quantitative estimate of drug-likeness (QED) is 0.786. The zero-order chi connectivity index (χ0) is 11.5. The molecular weight excluding hydrogens is 208 g/mol. The van der Waals surface area contributed by atoms with Gasteiger partial charge in [0, 0.05) is 0 Å². The van der Waals surface area contributed by atoms with Gasteiger partial charge < -0.3 is 9.47 Å². The minimum absolute atomic E-state index is 0.392. The topological polar surface area (TPSA) is 60.7 Å². The first-order valence-electron chi connectivity index (χ1n) is 4.63. The highest BCUT2D eigenvalue weighted by molar-refractivity contribution is 5.46. The molecular formula is C10H12N4O2. The molecule has 0 atom stereocenters. The molecule has 0 aliphatic rings. The van der Waals surface area contributed by atoms with Crippen molar-refractivity contribution in [3.8, 4) is 5.75 Å². The first-order chi connectivity index (χ1) is 7.72. The molecule has 2 heterocycles. The summed E-state index contributed by atoms with van der Waals surface area (Å²) in [6, 6.07) is 3.63. The second-order valence-electron chi connectivity index (χ2n) is 3.06. The molecule has 2 rings (SSSR count). The summed E-state index contributed by atoms with van der Waals surface area (Å²) in [6.45, 7) is 3.63. The van der Waals surface area contributed by atoms with Crippen molar-refractivity contribution in [2.24, 2.45) is 0 Å². The summed E-state index contributed by atoms with van der Waals surface area (Å²) in [5.74, 6) is 1.54. The van der Waals surface area contributed by atoms with Gasteiger partial charge in [0.05, 0.1) is 20.4 Å². The zero-order valence-corrected chi connectivity index (χ0v) is 9.10. The highest BCUT2D eigenvalue weighted by atomic mass is 16.5. The third-order valence-electron chi connectivity index (χ3n) is 2.04. The number of nitrogens with one attached hydrogen (secondary N) is 1. The Kier molecular flexibility index (Phi) is 2.63. The molecule has 2 aromatic heterocycles. The third kappa shape index (κ3) is 1.90. The molecule has 1 N–H and O–H groups in total. The molecule has 0 aliphatic carbocycles. The Morgan fingerprint density at radius 3 is 2.94 bits per heavy atom. The number of pyridine rings is 1. The van der Waals surface area contributed by atoms with Crippen LogP contribution in [0.15, 0.2) is 30.8 Å². The van der Waals surface area contributed by atoms with Crippen molar-refractivity contribution in [2.45, 2.75) is 0 Å². The average molecular weight is 220 g/mol. The van der Waals surface area contributed by atoms with Crippen molar-refractivity contribution >= 4 is 11.6 Å². The van der Waals surface area contributed by atoms with Crippen LogP contribution in [0, 0.1) is 0 Å². The molecule has 0 spiro atoms. The Morgan fingerprint density at radius 1 is 1.44 bits per heavy atom. The smallest absolute Gasteiger partial charge is 0.249 e. The van der Waals surface area contributed by atoms with E-state index in [0.29, 0.717) is 17.5 Å². The number of hydrogen-bond donors (Lipinski definition) is 1. The fourth-order valence-corrected chi connectivity index (χ4v) is 1.21. The molecule has 0 amide bonds. The molecule has 6 heteroatoms. The van der Waals surface area contributed by atoms with E-state index in [9.17, 15) is 0 Å². The van der Waals surface area contributed by atoms with Crippen LogP contribution in [0.25, 0.3) is 5.65 Å². The molecule has 16 heavy (non-hydrogen) atoms. The number of fused-ring (bicyclic) bond motifs is 1. The molecule has 0 saturated heterocycles. The van der Waals surface area contributed by atoms with Gasteiger partial charge in [0.15, 0.2) is 11.5 Å². The van der Waals surface area contributed by atoms with Crippen molar-refractivity contribution in [1.29, 1.82) is 0 Å². The molecule has 6 nitrogen and oxygen atoms in total. The summed E-state index contributed by atoms with van der Waals surface area (Å²) < 4.78 is 11.6. The van der Waals surface area contributed by atoms with E-state index in [-0.39, 0.29) is 0 Å². The van der Waals surface area contributed by atoms with E-state index in [4.69, 9.17) is 9.47 Å². The van der Waals surface area contributed by atoms with Crippen LogP contribution >= 0.6 is 0 Å². The molecule has 0 saturated carbocycles. The van der Waals surface area contributed by atoms with E-state index in [0.717, 1.165) is 5.75 Å². The van der Waals surface area contributed by atoms with E-state index in [2.05, 4.69) is 22.0 Å². The van der Waals surface area contributed by atoms with Crippen LogP contribution < -0.4 is 10.1 Å². The summed E-state index contributed by atoms with van der Waals surface area (Å²) >= 11 is 0. The maximum Gasteiger partial charge on any atom is 0.249 e. The monoisotopic (exact) mass is 220 g/mol. The normalized spacial score (nSPS) is 10.1. The average Bonchev–Trinajstić information content (AvgIpc) is 2.69. The van der Waals surface area contributed by atoms with Crippen molar-refractivity contribution in [2.75, 3.05) is 19.5 Å². The second kappa shape index (κ2) is 4.09. The van der Waals surface area contributed by atoms with Gasteiger partial charge in [-0.3, -0.25) is 5.32 Å². The summed E-state index contributed by atoms with van der Waals surface area (Å²) in [4.78, 5) is 4.22. The van der Waals surface area contributed by atoms with Crippen LogP contribution in [0.2, 0.25) is 0 Å². The van der Waals surface area contributed by atoms with Gasteiger partial charge in [-0.2, -0.15) is 4.98 Å². The lowest BCUT2D eigenvalue weighted by Crippen LogP contribution is -2.01. The van der Waals surface area contributed by atoms with Crippen LogP contribution in [-0.2, 0) is 4.74 Å². The largest absolute Gasteiger partial charge is 0.495 e. The lowest BCUT2D eigenvalue weighted by molar-refractivity contribution is 0.299. The highest BCUT2D eigenvalue weighted by Gasteiger charge is 2.04. The number of aromatic nitrogens is 3. The van der Waals surface area contributed by atoms with Crippen molar-refractivity contribution in [1.82, 2.24) is 14.6 Å². The summed E-state index contributed by atoms with van der Waals surface area (Å²) in [5.41, 5.74) is 0.715. The Balaban J connectivity index is 2.32. The summed E-state index contributed by atoms with van der Waals surface area (Å²) in [5, 5.41) is 7.00. The Morgan fingerprint density at radius 2 is 2.25 bits per heavy atom. The van der Waals surface area contributed by atoms with Crippen LogP contribution in [0.4, 0.5) is 5.95 Å². The molecule has 84 valence electrons. The molecule has 0 fully saturated rings. The van der Waals surface area contributed by atoms with Gasteiger partial charge in [-0.1, -0.05) is 0 Å². The molecule has 0 bridgehead atoms. The van der Waals surface area contributed by atoms with Crippen molar-refractivity contribution in [3.05, 3.63) is 30.8 Å². The van der Waals surface area contributed by atoms with Gasteiger partial charge in [-0.25, -0.2) is 4.52 Å². The van der Waals surface area contributed by atoms with Crippen LogP contribution in [0.5, 0.6) is 5.75 Å². The SMILES string of the molecule is C=C(Nc1nc2ccc(OC)cn2n1)OC. The molecule has 2 aromatic rings. The Bertz CT molecular complexity index is 521. The standard InChI is InChI=1S/C10H12N4O2/c1-7(15-2)11-10-12-9-5-4-8(16-3)6-14(9)13-10/h4-6H,1H2,2-3H3,(H,11,13). The lowest BCUT2D eigenvalue weighted by atomic mass is 10.4. The van der Waals surface area contributed by atoms with E-state index in [1.807, 2.05) is 12.1 Å². The highest BCUT2D eigenvalue weighted by Crippen LogP contribution is 2.13. The number of nitrogens with zero attached hydrogens (tertiary/aromatic N) is 3. The fourth-order valence-electron chi connectivity index (χ4n) is 1.21. The van der Waals surface area contributed by atoms with Gasteiger partial charge in [0.2, 0.25) is 5.95 Å². The summed E-state index contributed by atoms with van der Waals surface area (Å²) in [7, 11) is 3.12. The first-order valence-corrected chi connectivity index (χ1v) is 4.63. The zero-order valence-electron chi connectivity index (χ0n) is 9.10. The second-order valence-corrected chi connectivity index (χ2v) is 3.06. The lowest BCUT2D eigenvalue weighted by Gasteiger charge is -2.01. The van der Waals surface area contributed by atoms with Gasteiger partial charge in [0.25, 0.3) is 0 Å². The van der Waals surface area contributed by atoms with E-state index < -0.39 is 0 Å². The van der Waals surface area contributed by atoms with Gasteiger partial charge in [-0.15, -0.1) is 5.10 Å². The predicted octanol–water partition coefficient (Wildman–Crippen LogP) is 1.27. The van der Waals surface area contributed by atoms with E-state index in [1.54, 1.807) is 17.8 Å². The number of methoxy groups -OCH3 is 2. The van der Waals surface area contributed by atoms with Gasteiger partial charge in [-0.05, 0) is 18.7 Å². The molecule has 0 aliphatic heterocycles. The molecule has 0 aromatic carbocycles. The van der Waals surface area contributed by atoms with Crippen LogP contribution in [0.1, 0.15) is 0 Å². The maximum absolute atomic E-state index is 5.08. The van der Waals surface area contributed by atoms with Crippen LogP contribution in [0.3, 0.4) is 0 Å². The Hall–Kier alpha value is -2.24. The van der Waals surface area contributed by atoms with E-state index >= 15 is 0 Å². The summed E-state index contributed by atoms with van der Waals surface area (Å²) in [6.07, 6.45) is 1.74. The van der Waals surface area contributed by atoms with Crippen LogP contribution in [-0.4, -0.2) is 28.8 Å². The van der Waals surface area contributed by atoms with Crippen molar-refractivity contribution in [3.63, 3.8) is 0 Å². The predicted molar refractivity (Wildman–Crippen MR) is 59.3 cm³/mol. The Labute approximate surface area is 92.5 Å². The number of hydrogen-bond acceptors (Lipinski definition) is 5. The molecule has 0 unspecified atom stereocenters. The van der Waals surface area contributed by atoms with Gasteiger partial charge >= 0.3 is 0 Å². The third-order valence-corrected chi connectivity index (χ3v) is 2.04. The minimum atomic E-state index is 0.392. The maximum atomic E-state index is 5.08. The first kappa shape index (κ1) is 10.3. The number of anilines is 1. The fraction of sp³-hybridized carbons (Fsp3) is 0.200. The minimum Gasteiger partial charge on any atom is -0.495 e. The number of ether oxygens (including phenoxy) is 2.